The van der Waals surface area contributed by atoms with E-state index in [9.17, 15) is 20.1 Å². The number of aliphatic hydroxyl groups excluding tert-OH is 3. The Balaban J connectivity index is 1.65. The first kappa shape index (κ1) is 16.5. The van der Waals surface area contributed by atoms with Gasteiger partial charge in [0.25, 0.3) is 0 Å². The Hall–Kier alpha value is -1.93. The van der Waals surface area contributed by atoms with Crippen molar-refractivity contribution >= 4 is 11.0 Å². The first-order valence-corrected chi connectivity index (χ1v) is 8.45. The van der Waals surface area contributed by atoms with E-state index < -0.39 is 24.6 Å². The van der Waals surface area contributed by atoms with Crippen LogP contribution in [0, 0.1) is 0 Å². The van der Waals surface area contributed by atoms with Gasteiger partial charge < -0.3 is 29.2 Å². The van der Waals surface area contributed by atoms with Crippen LogP contribution in [0.15, 0.2) is 27.4 Å². The van der Waals surface area contributed by atoms with Crippen molar-refractivity contribution in [1.82, 2.24) is 0 Å². The van der Waals surface area contributed by atoms with Crippen molar-refractivity contribution in [2.24, 2.45) is 0 Å². The second-order valence-corrected chi connectivity index (χ2v) is 6.58. The van der Waals surface area contributed by atoms with Crippen LogP contribution < -0.4 is 10.4 Å². The van der Waals surface area contributed by atoms with E-state index >= 15 is 0 Å². The predicted molar refractivity (Wildman–Crippen MR) is 87.5 cm³/mol. The quantitative estimate of drug-likeness (QED) is 0.678. The minimum absolute atomic E-state index is 0.140. The Labute approximate surface area is 143 Å². The van der Waals surface area contributed by atoms with Crippen LogP contribution in [0.5, 0.6) is 5.75 Å². The summed E-state index contributed by atoms with van der Waals surface area (Å²) in [6, 6.07) is 5.13. The molecule has 0 bridgehead atoms. The number of fused-ring (bicyclic) bond motifs is 3. The van der Waals surface area contributed by atoms with E-state index in [1.807, 2.05) is 6.07 Å². The van der Waals surface area contributed by atoms with Crippen molar-refractivity contribution in [2.75, 3.05) is 6.61 Å². The zero-order valence-corrected chi connectivity index (χ0v) is 13.6. The lowest BCUT2D eigenvalue weighted by molar-refractivity contribution is -0.242. The van der Waals surface area contributed by atoms with Crippen LogP contribution >= 0.6 is 0 Å². The van der Waals surface area contributed by atoms with Crippen molar-refractivity contribution in [3.63, 3.8) is 0 Å². The van der Waals surface area contributed by atoms with E-state index in [1.165, 1.54) is 0 Å². The summed E-state index contributed by atoms with van der Waals surface area (Å²) in [6.07, 6.45) is -1.35. The highest BCUT2D eigenvalue weighted by Gasteiger charge is 2.39. The third-order valence-electron chi connectivity index (χ3n) is 4.90. The highest BCUT2D eigenvalue weighted by Crippen LogP contribution is 2.30. The van der Waals surface area contributed by atoms with Gasteiger partial charge in [0.05, 0.1) is 6.61 Å². The fraction of sp³-hybridized carbons (Fsp3) is 0.500. The zero-order chi connectivity index (χ0) is 17.6. The molecule has 2 heterocycles. The van der Waals surface area contributed by atoms with Gasteiger partial charge >= 0.3 is 5.63 Å². The second-order valence-electron chi connectivity index (χ2n) is 6.58. The van der Waals surface area contributed by atoms with Crippen LogP contribution in [0.1, 0.15) is 24.0 Å². The molecule has 1 aromatic carbocycles. The third kappa shape index (κ3) is 2.93. The van der Waals surface area contributed by atoms with Gasteiger partial charge in [-0.25, -0.2) is 4.79 Å². The Bertz CT molecular complexity index is 843. The van der Waals surface area contributed by atoms with Crippen LogP contribution in [0.4, 0.5) is 0 Å². The van der Waals surface area contributed by atoms with Crippen LogP contribution in [-0.4, -0.2) is 46.5 Å². The molecule has 7 nitrogen and oxygen atoms in total. The van der Waals surface area contributed by atoms with Gasteiger partial charge in [0.2, 0.25) is 6.29 Å². The number of benzene rings is 1. The molecule has 1 fully saturated rings. The van der Waals surface area contributed by atoms with E-state index in [1.54, 1.807) is 12.1 Å². The highest BCUT2D eigenvalue weighted by atomic mass is 16.7. The van der Waals surface area contributed by atoms with Gasteiger partial charge in [-0.1, -0.05) is 0 Å². The summed E-state index contributed by atoms with van der Waals surface area (Å²) in [4.78, 5) is 12.2. The van der Waals surface area contributed by atoms with Crippen molar-refractivity contribution < 1.29 is 29.2 Å². The van der Waals surface area contributed by atoms with Crippen LogP contribution in [0.25, 0.3) is 11.0 Å². The SMILES string of the molecule is O=c1oc2cc(O[C@@H]3OC[C@@H](O)[C@@H](O)[C@@H]3O)ccc2c2c1CCCC2. The summed E-state index contributed by atoms with van der Waals surface area (Å²) in [5.74, 6) is 0.346. The van der Waals surface area contributed by atoms with E-state index in [4.69, 9.17) is 13.9 Å². The van der Waals surface area contributed by atoms with E-state index in [-0.39, 0.29) is 12.2 Å². The summed E-state index contributed by atoms with van der Waals surface area (Å²) in [7, 11) is 0. The van der Waals surface area contributed by atoms with Crippen molar-refractivity contribution in [3.05, 3.63) is 39.7 Å². The maximum absolute atomic E-state index is 12.2. The third-order valence-corrected chi connectivity index (χ3v) is 4.90. The molecule has 0 spiro atoms. The lowest BCUT2D eigenvalue weighted by Gasteiger charge is -2.34. The van der Waals surface area contributed by atoms with Gasteiger partial charge in [-0.05, 0) is 43.4 Å². The monoisotopic (exact) mass is 348 g/mol. The Kier molecular flexibility index (Phi) is 4.24. The standard InChI is InChI=1S/C18H20O7/c19-13-8-23-18(16(21)15(13)20)24-9-5-6-11-10-3-1-2-4-12(10)17(22)25-14(11)7-9/h5-7,13,15-16,18-21H,1-4,8H2/t13-,15-,16+,18+/m1/s1. The molecule has 0 radical (unpaired) electrons. The Morgan fingerprint density at radius 1 is 1.04 bits per heavy atom. The number of aryl methyl sites for hydroxylation is 1. The van der Waals surface area contributed by atoms with Crippen LogP contribution in [0.3, 0.4) is 0 Å². The molecule has 7 heteroatoms. The highest BCUT2D eigenvalue weighted by molar-refractivity contribution is 5.82. The molecule has 134 valence electrons. The maximum Gasteiger partial charge on any atom is 0.339 e. The van der Waals surface area contributed by atoms with Gasteiger partial charge in [-0.2, -0.15) is 0 Å². The van der Waals surface area contributed by atoms with Gasteiger partial charge in [-0.15, -0.1) is 0 Å². The zero-order valence-electron chi connectivity index (χ0n) is 13.6. The maximum atomic E-state index is 12.2. The van der Waals surface area contributed by atoms with Crippen molar-refractivity contribution in [2.45, 2.75) is 50.3 Å². The molecule has 4 rings (SSSR count). The van der Waals surface area contributed by atoms with E-state index in [2.05, 4.69) is 0 Å². The normalized spacial score (nSPS) is 29.4. The first-order chi connectivity index (χ1) is 12.0. The minimum Gasteiger partial charge on any atom is -0.462 e. The molecular weight excluding hydrogens is 328 g/mol. The van der Waals surface area contributed by atoms with Gasteiger partial charge in [0.1, 0.15) is 29.6 Å². The number of hydrogen-bond donors (Lipinski definition) is 3. The number of aliphatic hydroxyl groups is 3. The Morgan fingerprint density at radius 2 is 1.80 bits per heavy atom. The fourth-order valence-corrected chi connectivity index (χ4v) is 3.52. The van der Waals surface area contributed by atoms with Crippen molar-refractivity contribution in [1.29, 1.82) is 0 Å². The Morgan fingerprint density at radius 3 is 2.60 bits per heavy atom. The molecule has 1 aromatic heterocycles. The number of hydrogen-bond acceptors (Lipinski definition) is 7. The molecule has 1 saturated heterocycles. The molecule has 1 aliphatic heterocycles. The van der Waals surface area contributed by atoms with Gasteiger partial charge in [0.15, 0.2) is 0 Å². The van der Waals surface area contributed by atoms with Gasteiger partial charge in [-0.3, -0.25) is 0 Å². The predicted octanol–water partition coefficient (Wildman–Crippen LogP) is 0.490. The summed E-state index contributed by atoms with van der Waals surface area (Å²) in [5, 5.41) is 30.0. The van der Waals surface area contributed by atoms with E-state index in [0.717, 1.165) is 42.2 Å². The summed E-state index contributed by atoms with van der Waals surface area (Å²) in [6.45, 7) is -0.140. The average Bonchev–Trinajstić information content (AvgIpc) is 2.62. The lowest BCUT2D eigenvalue weighted by atomic mass is 9.91. The second kappa shape index (κ2) is 6.42. The summed E-state index contributed by atoms with van der Waals surface area (Å²) >= 11 is 0. The smallest absolute Gasteiger partial charge is 0.339 e. The molecule has 1 aliphatic carbocycles. The molecule has 0 saturated carbocycles. The first-order valence-electron chi connectivity index (χ1n) is 8.45. The van der Waals surface area contributed by atoms with Crippen LogP contribution in [-0.2, 0) is 17.6 Å². The minimum atomic E-state index is -1.38. The summed E-state index contributed by atoms with van der Waals surface area (Å²) < 4.78 is 16.2. The largest absolute Gasteiger partial charge is 0.462 e. The average molecular weight is 348 g/mol. The molecular formula is C18H20O7. The molecule has 0 amide bonds. The number of rotatable bonds is 2. The topological polar surface area (TPSA) is 109 Å². The molecule has 2 aromatic rings. The van der Waals surface area contributed by atoms with Crippen LogP contribution in [0.2, 0.25) is 0 Å². The molecule has 4 atom stereocenters. The summed E-state index contributed by atoms with van der Waals surface area (Å²) in [5.41, 5.74) is 1.91. The molecule has 25 heavy (non-hydrogen) atoms. The van der Waals surface area contributed by atoms with E-state index in [0.29, 0.717) is 11.3 Å². The molecule has 3 N–H and O–H groups in total. The molecule has 2 aliphatic rings. The molecule has 0 unspecified atom stereocenters. The number of ether oxygens (including phenoxy) is 2. The fourth-order valence-electron chi connectivity index (χ4n) is 3.52. The van der Waals surface area contributed by atoms with Gasteiger partial charge in [0, 0.05) is 17.0 Å². The van der Waals surface area contributed by atoms with Crippen molar-refractivity contribution in [3.8, 4) is 5.75 Å². The lowest BCUT2D eigenvalue weighted by Crippen LogP contribution is -2.54.